The van der Waals surface area contributed by atoms with Crippen LogP contribution < -0.4 is 0 Å². The van der Waals surface area contributed by atoms with Gasteiger partial charge in [-0.2, -0.15) is 0 Å². The maximum absolute atomic E-state index is 12.0. The lowest BCUT2D eigenvalue weighted by Gasteiger charge is -2.25. The van der Waals surface area contributed by atoms with Gasteiger partial charge in [-0.15, -0.1) is 0 Å². The molecule has 0 amide bonds. The number of hydrogen-bond donors (Lipinski definition) is 0. The Labute approximate surface area is 97.1 Å². The van der Waals surface area contributed by atoms with Crippen molar-refractivity contribution in [2.75, 3.05) is 0 Å². The molecule has 88 valence electrons. The Bertz CT molecular complexity index is 302. The molecule has 2 heteroatoms. The summed E-state index contributed by atoms with van der Waals surface area (Å²) in [4.78, 5) is 12.0. The van der Waals surface area contributed by atoms with Gasteiger partial charge in [0.05, 0.1) is 5.92 Å². The molecule has 2 bridgehead atoms. The van der Waals surface area contributed by atoms with Crippen molar-refractivity contribution in [3.8, 4) is 0 Å². The van der Waals surface area contributed by atoms with E-state index in [0.717, 1.165) is 19.3 Å². The number of carbonyl (C=O) groups is 1. The van der Waals surface area contributed by atoms with Crippen molar-refractivity contribution in [2.24, 2.45) is 17.8 Å². The van der Waals surface area contributed by atoms with Crippen molar-refractivity contribution in [3.05, 3.63) is 12.2 Å². The molecule has 3 rings (SSSR count). The minimum atomic E-state index is 0.0868. The molecule has 0 aromatic carbocycles. The van der Waals surface area contributed by atoms with Gasteiger partial charge in [-0.25, -0.2) is 0 Å². The van der Waals surface area contributed by atoms with Gasteiger partial charge in [0.25, 0.3) is 0 Å². The molecule has 2 saturated carbocycles. The van der Waals surface area contributed by atoms with Crippen LogP contribution in [-0.2, 0) is 9.53 Å². The first kappa shape index (κ1) is 10.4. The third-order valence-corrected chi connectivity index (χ3v) is 4.42. The molecule has 0 radical (unpaired) electrons. The summed E-state index contributed by atoms with van der Waals surface area (Å²) in [6.07, 6.45) is 12.9. The van der Waals surface area contributed by atoms with Crippen molar-refractivity contribution >= 4 is 5.97 Å². The molecular formula is C14H20O2. The second kappa shape index (κ2) is 4.23. The number of rotatable bonds is 2. The smallest absolute Gasteiger partial charge is 0.309 e. The molecule has 3 aliphatic carbocycles. The van der Waals surface area contributed by atoms with Gasteiger partial charge < -0.3 is 4.74 Å². The summed E-state index contributed by atoms with van der Waals surface area (Å²) in [5.74, 6) is 1.41. The fourth-order valence-corrected chi connectivity index (χ4v) is 3.49. The normalized spacial score (nSPS) is 37.9. The summed E-state index contributed by atoms with van der Waals surface area (Å²) in [7, 11) is 0. The SMILES string of the molecule is O=C(OC1CCCCC1)[C@H]1C[C@H]2C=C[C@H]1C2. The molecule has 3 aliphatic rings. The van der Waals surface area contributed by atoms with Crippen molar-refractivity contribution in [1.29, 1.82) is 0 Å². The van der Waals surface area contributed by atoms with Crippen molar-refractivity contribution < 1.29 is 9.53 Å². The molecule has 2 fully saturated rings. The lowest BCUT2D eigenvalue weighted by molar-refractivity contribution is -0.156. The highest BCUT2D eigenvalue weighted by Crippen LogP contribution is 2.44. The summed E-state index contributed by atoms with van der Waals surface area (Å²) in [5.41, 5.74) is 0. The first-order valence-corrected chi connectivity index (χ1v) is 6.72. The molecule has 3 atom stereocenters. The van der Waals surface area contributed by atoms with E-state index in [1.165, 1.54) is 25.7 Å². The average Bonchev–Trinajstić information content (AvgIpc) is 2.92. The zero-order valence-corrected chi connectivity index (χ0v) is 9.73. The molecule has 0 unspecified atom stereocenters. The zero-order valence-electron chi connectivity index (χ0n) is 9.73. The van der Waals surface area contributed by atoms with Crippen LogP contribution in [0.5, 0.6) is 0 Å². The standard InChI is InChI=1S/C14H20O2/c15-14(16-12-4-2-1-3-5-12)13-9-10-6-7-11(13)8-10/h6-7,10-13H,1-5,8-9H2/t10-,11-,13-/m0/s1. The fourth-order valence-electron chi connectivity index (χ4n) is 3.49. The molecular weight excluding hydrogens is 200 g/mol. The predicted octanol–water partition coefficient (Wildman–Crippen LogP) is 3.07. The largest absolute Gasteiger partial charge is 0.462 e. The summed E-state index contributed by atoms with van der Waals surface area (Å²) in [6.45, 7) is 0. The van der Waals surface area contributed by atoms with Gasteiger partial charge >= 0.3 is 5.97 Å². The van der Waals surface area contributed by atoms with Crippen molar-refractivity contribution in [3.63, 3.8) is 0 Å². The quantitative estimate of drug-likeness (QED) is 0.528. The van der Waals surface area contributed by atoms with Gasteiger partial charge in [-0.05, 0) is 50.4 Å². The molecule has 2 nitrogen and oxygen atoms in total. The van der Waals surface area contributed by atoms with Crippen LogP contribution in [-0.4, -0.2) is 12.1 Å². The minimum absolute atomic E-state index is 0.0868. The van der Waals surface area contributed by atoms with Crippen LogP contribution in [0.15, 0.2) is 12.2 Å². The topological polar surface area (TPSA) is 26.3 Å². The third kappa shape index (κ3) is 1.90. The van der Waals surface area contributed by atoms with E-state index in [1.54, 1.807) is 0 Å². The summed E-state index contributed by atoms with van der Waals surface area (Å²) in [6, 6.07) is 0. The average molecular weight is 220 g/mol. The number of ether oxygens (including phenoxy) is 1. The first-order chi connectivity index (χ1) is 7.83. The van der Waals surface area contributed by atoms with E-state index in [1.807, 2.05) is 0 Å². The monoisotopic (exact) mass is 220 g/mol. The van der Waals surface area contributed by atoms with Crippen LogP contribution in [0.1, 0.15) is 44.9 Å². The Morgan fingerprint density at radius 2 is 1.88 bits per heavy atom. The first-order valence-electron chi connectivity index (χ1n) is 6.72. The summed E-state index contributed by atoms with van der Waals surface area (Å²) < 4.78 is 5.66. The van der Waals surface area contributed by atoms with Crippen LogP contribution in [0, 0.1) is 17.8 Å². The number of hydrogen-bond acceptors (Lipinski definition) is 2. The van der Waals surface area contributed by atoms with E-state index < -0.39 is 0 Å². The van der Waals surface area contributed by atoms with Crippen LogP contribution in [0.25, 0.3) is 0 Å². The summed E-state index contributed by atoms with van der Waals surface area (Å²) in [5, 5.41) is 0. The Morgan fingerprint density at radius 1 is 1.06 bits per heavy atom. The molecule has 0 spiro atoms. The van der Waals surface area contributed by atoms with Gasteiger partial charge in [-0.1, -0.05) is 18.6 Å². The second-order valence-corrected chi connectivity index (χ2v) is 5.58. The van der Waals surface area contributed by atoms with E-state index in [4.69, 9.17) is 4.74 Å². The van der Waals surface area contributed by atoms with Crippen molar-refractivity contribution in [2.45, 2.75) is 51.0 Å². The molecule has 0 aromatic heterocycles. The van der Waals surface area contributed by atoms with Gasteiger partial charge in [0.1, 0.15) is 6.10 Å². The number of allylic oxidation sites excluding steroid dienone is 2. The van der Waals surface area contributed by atoms with Crippen LogP contribution >= 0.6 is 0 Å². The molecule has 16 heavy (non-hydrogen) atoms. The van der Waals surface area contributed by atoms with E-state index in [-0.39, 0.29) is 18.0 Å². The Hall–Kier alpha value is -0.790. The van der Waals surface area contributed by atoms with Crippen LogP contribution in [0.2, 0.25) is 0 Å². The maximum atomic E-state index is 12.0. The molecule has 0 aromatic rings. The number of fused-ring (bicyclic) bond motifs is 2. The second-order valence-electron chi connectivity index (χ2n) is 5.58. The van der Waals surface area contributed by atoms with Gasteiger partial charge in [0, 0.05) is 0 Å². The number of esters is 1. The molecule has 0 saturated heterocycles. The van der Waals surface area contributed by atoms with Crippen LogP contribution in [0.4, 0.5) is 0 Å². The van der Waals surface area contributed by atoms with Crippen molar-refractivity contribution in [1.82, 2.24) is 0 Å². The fraction of sp³-hybridized carbons (Fsp3) is 0.786. The molecule has 0 heterocycles. The van der Waals surface area contributed by atoms with E-state index in [0.29, 0.717) is 11.8 Å². The lowest BCUT2D eigenvalue weighted by Crippen LogP contribution is -2.28. The van der Waals surface area contributed by atoms with Gasteiger partial charge in [0.2, 0.25) is 0 Å². The molecule has 0 aliphatic heterocycles. The number of carbonyl (C=O) groups excluding carboxylic acids is 1. The van der Waals surface area contributed by atoms with Gasteiger partial charge in [-0.3, -0.25) is 4.79 Å². The Kier molecular flexibility index (Phi) is 2.74. The predicted molar refractivity (Wildman–Crippen MR) is 61.8 cm³/mol. The summed E-state index contributed by atoms with van der Waals surface area (Å²) >= 11 is 0. The van der Waals surface area contributed by atoms with Crippen LogP contribution in [0.3, 0.4) is 0 Å². The van der Waals surface area contributed by atoms with Gasteiger partial charge in [0.15, 0.2) is 0 Å². The Morgan fingerprint density at radius 3 is 2.50 bits per heavy atom. The lowest BCUT2D eigenvalue weighted by atomic mass is 9.93. The zero-order chi connectivity index (χ0) is 11.0. The maximum Gasteiger partial charge on any atom is 0.309 e. The Balaban J connectivity index is 1.55. The van der Waals surface area contributed by atoms with E-state index in [2.05, 4.69) is 12.2 Å². The van der Waals surface area contributed by atoms with E-state index >= 15 is 0 Å². The third-order valence-electron chi connectivity index (χ3n) is 4.42. The van der Waals surface area contributed by atoms with E-state index in [9.17, 15) is 4.79 Å². The highest BCUT2D eigenvalue weighted by atomic mass is 16.5. The molecule has 0 N–H and O–H groups in total. The highest BCUT2D eigenvalue weighted by molar-refractivity contribution is 5.74. The minimum Gasteiger partial charge on any atom is -0.462 e. The highest BCUT2D eigenvalue weighted by Gasteiger charge is 2.41.